The fourth-order valence-corrected chi connectivity index (χ4v) is 2.72. The van der Waals surface area contributed by atoms with Gasteiger partial charge in [0.2, 0.25) is 0 Å². The second-order valence-corrected chi connectivity index (χ2v) is 5.42. The van der Waals surface area contributed by atoms with Crippen molar-refractivity contribution in [1.29, 1.82) is 0 Å². The molecule has 0 saturated carbocycles. The van der Waals surface area contributed by atoms with Gasteiger partial charge in [0, 0.05) is 12.0 Å². The lowest BCUT2D eigenvalue weighted by Gasteiger charge is -2.18. The third-order valence-electron chi connectivity index (χ3n) is 3.17. The molecule has 2 N–H and O–H groups in total. The summed E-state index contributed by atoms with van der Waals surface area (Å²) in [5, 5.41) is 12.8. The van der Waals surface area contributed by atoms with E-state index in [4.69, 9.17) is 0 Å². The summed E-state index contributed by atoms with van der Waals surface area (Å²) >= 11 is 1.67. The maximum Gasteiger partial charge on any atom is 0.191 e. The van der Waals surface area contributed by atoms with Crippen LogP contribution in [0.3, 0.4) is 0 Å². The van der Waals surface area contributed by atoms with Crippen LogP contribution in [0.15, 0.2) is 17.5 Å². The zero-order valence-corrected chi connectivity index (χ0v) is 9.97. The number of thiophene rings is 1. The van der Waals surface area contributed by atoms with Gasteiger partial charge in [-0.1, -0.05) is 13.0 Å². The van der Waals surface area contributed by atoms with Gasteiger partial charge in [-0.15, -0.1) is 11.3 Å². The van der Waals surface area contributed by atoms with E-state index in [1.54, 1.807) is 11.3 Å². The van der Waals surface area contributed by atoms with Gasteiger partial charge in [-0.25, -0.2) is 4.98 Å². The van der Waals surface area contributed by atoms with Crippen molar-refractivity contribution in [1.82, 2.24) is 20.5 Å². The molecule has 84 valence electrons. The van der Waals surface area contributed by atoms with Crippen LogP contribution in [-0.4, -0.2) is 28.3 Å². The van der Waals surface area contributed by atoms with Crippen LogP contribution in [0.4, 0.5) is 0 Å². The molecule has 1 unspecified atom stereocenters. The zero-order valence-electron chi connectivity index (χ0n) is 9.16. The van der Waals surface area contributed by atoms with E-state index in [0.717, 1.165) is 36.0 Å². The molecular weight excluding hydrogens is 220 g/mol. The van der Waals surface area contributed by atoms with E-state index in [-0.39, 0.29) is 5.41 Å². The highest BCUT2D eigenvalue weighted by Gasteiger charge is 2.33. The van der Waals surface area contributed by atoms with Crippen molar-refractivity contribution in [2.24, 2.45) is 0 Å². The molecular formula is C11H14N4S. The first-order chi connectivity index (χ1) is 7.78. The van der Waals surface area contributed by atoms with Gasteiger partial charge >= 0.3 is 0 Å². The minimum absolute atomic E-state index is 0.114. The number of rotatable bonds is 2. The molecule has 1 aliphatic rings. The molecule has 2 aromatic heterocycles. The number of aromatic nitrogens is 3. The lowest BCUT2D eigenvalue weighted by molar-refractivity contribution is 0.491. The second-order valence-electron chi connectivity index (χ2n) is 4.47. The molecule has 1 aliphatic heterocycles. The van der Waals surface area contributed by atoms with Gasteiger partial charge in [0.15, 0.2) is 5.82 Å². The molecule has 0 aliphatic carbocycles. The van der Waals surface area contributed by atoms with Gasteiger partial charge < -0.3 is 5.32 Å². The van der Waals surface area contributed by atoms with Gasteiger partial charge in [-0.3, -0.25) is 5.10 Å². The normalized spacial score (nSPS) is 25.1. The van der Waals surface area contributed by atoms with Gasteiger partial charge in [0.1, 0.15) is 5.82 Å². The van der Waals surface area contributed by atoms with Crippen LogP contribution in [0.1, 0.15) is 19.2 Å². The molecule has 1 saturated heterocycles. The summed E-state index contributed by atoms with van der Waals surface area (Å²) in [5.74, 6) is 1.82. The monoisotopic (exact) mass is 234 g/mol. The Morgan fingerprint density at radius 2 is 2.44 bits per heavy atom. The Bertz CT molecular complexity index is 468. The highest BCUT2D eigenvalue weighted by atomic mass is 32.1. The second kappa shape index (κ2) is 3.68. The molecule has 1 fully saturated rings. The van der Waals surface area contributed by atoms with Crippen molar-refractivity contribution < 1.29 is 0 Å². The Morgan fingerprint density at radius 3 is 3.12 bits per heavy atom. The topological polar surface area (TPSA) is 53.6 Å². The van der Waals surface area contributed by atoms with Crippen LogP contribution in [0.25, 0.3) is 10.7 Å². The Labute approximate surface area is 98.1 Å². The smallest absolute Gasteiger partial charge is 0.191 e. The predicted molar refractivity (Wildman–Crippen MR) is 64.5 cm³/mol. The quantitative estimate of drug-likeness (QED) is 0.833. The van der Waals surface area contributed by atoms with Crippen molar-refractivity contribution in [3.63, 3.8) is 0 Å². The molecule has 0 aromatic carbocycles. The van der Waals surface area contributed by atoms with E-state index in [2.05, 4.69) is 27.4 Å². The molecule has 3 rings (SSSR count). The molecule has 0 bridgehead atoms. The van der Waals surface area contributed by atoms with Crippen LogP contribution >= 0.6 is 11.3 Å². The van der Waals surface area contributed by atoms with Crippen molar-refractivity contribution in [3.8, 4) is 10.7 Å². The molecule has 16 heavy (non-hydrogen) atoms. The zero-order chi connectivity index (χ0) is 11.0. The molecule has 0 spiro atoms. The van der Waals surface area contributed by atoms with Crippen molar-refractivity contribution in [2.45, 2.75) is 18.8 Å². The van der Waals surface area contributed by atoms with Crippen LogP contribution in [0, 0.1) is 0 Å². The van der Waals surface area contributed by atoms with E-state index < -0.39 is 0 Å². The van der Waals surface area contributed by atoms with Gasteiger partial charge in [0.25, 0.3) is 0 Å². The lowest BCUT2D eigenvalue weighted by atomic mass is 9.89. The number of nitrogens with one attached hydrogen (secondary N) is 2. The Hall–Kier alpha value is -1.20. The number of hydrogen-bond donors (Lipinski definition) is 2. The number of nitrogens with zero attached hydrogens (tertiary/aromatic N) is 2. The molecule has 5 heteroatoms. The maximum absolute atomic E-state index is 4.61. The standard InChI is InChI=1S/C11H14N4S/c1-11(4-5-12-7-11)10-13-9(14-15-10)8-3-2-6-16-8/h2-3,6,12H,4-5,7H2,1H3,(H,13,14,15). The van der Waals surface area contributed by atoms with Gasteiger partial charge in [0.05, 0.1) is 4.88 Å². The van der Waals surface area contributed by atoms with E-state index in [9.17, 15) is 0 Å². The predicted octanol–water partition coefficient (Wildman–Crippen LogP) is 1.78. The molecule has 2 aromatic rings. The largest absolute Gasteiger partial charge is 0.316 e. The first kappa shape index (κ1) is 9.99. The summed E-state index contributed by atoms with van der Waals surface area (Å²) in [5.41, 5.74) is 0.114. The molecule has 0 amide bonds. The SMILES string of the molecule is CC1(c2nc(-c3cccs3)n[nH]2)CCNC1. The Kier molecular flexibility index (Phi) is 2.29. The first-order valence-corrected chi connectivity index (χ1v) is 6.33. The summed E-state index contributed by atoms with van der Waals surface area (Å²) in [6.45, 7) is 4.27. The fraction of sp³-hybridized carbons (Fsp3) is 0.455. The molecule has 3 heterocycles. The van der Waals surface area contributed by atoms with E-state index >= 15 is 0 Å². The highest BCUT2D eigenvalue weighted by Crippen LogP contribution is 2.29. The van der Waals surface area contributed by atoms with Gasteiger partial charge in [-0.2, -0.15) is 5.10 Å². The number of aromatic amines is 1. The molecule has 0 radical (unpaired) electrons. The van der Waals surface area contributed by atoms with Gasteiger partial charge in [-0.05, 0) is 24.4 Å². The average Bonchev–Trinajstić information content (AvgIpc) is 2.98. The van der Waals surface area contributed by atoms with E-state index in [1.807, 2.05) is 17.5 Å². The molecule has 1 atom stereocenters. The number of hydrogen-bond acceptors (Lipinski definition) is 4. The fourth-order valence-electron chi connectivity index (χ4n) is 2.07. The lowest BCUT2D eigenvalue weighted by Crippen LogP contribution is -2.26. The third kappa shape index (κ3) is 1.56. The average molecular weight is 234 g/mol. The summed E-state index contributed by atoms with van der Waals surface area (Å²) in [4.78, 5) is 5.73. The Balaban J connectivity index is 1.93. The summed E-state index contributed by atoms with van der Waals surface area (Å²) < 4.78 is 0. The minimum atomic E-state index is 0.114. The van der Waals surface area contributed by atoms with Crippen LogP contribution in [0.5, 0.6) is 0 Å². The van der Waals surface area contributed by atoms with Crippen LogP contribution < -0.4 is 5.32 Å². The van der Waals surface area contributed by atoms with Crippen molar-refractivity contribution >= 4 is 11.3 Å². The van der Waals surface area contributed by atoms with E-state index in [1.165, 1.54) is 0 Å². The highest BCUT2D eigenvalue weighted by molar-refractivity contribution is 7.13. The minimum Gasteiger partial charge on any atom is -0.316 e. The van der Waals surface area contributed by atoms with Crippen LogP contribution in [0.2, 0.25) is 0 Å². The number of H-pyrrole nitrogens is 1. The maximum atomic E-state index is 4.61. The van der Waals surface area contributed by atoms with Crippen molar-refractivity contribution in [3.05, 3.63) is 23.3 Å². The summed E-state index contributed by atoms with van der Waals surface area (Å²) in [7, 11) is 0. The van der Waals surface area contributed by atoms with E-state index in [0.29, 0.717) is 0 Å². The van der Waals surface area contributed by atoms with Crippen LogP contribution in [-0.2, 0) is 5.41 Å². The first-order valence-electron chi connectivity index (χ1n) is 5.45. The Morgan fingerprint density at radius 1 is 1.50 bits per heavy atom. The summed E-state index contributed by atoms with van der Waals surface area (Å²) in [6.07, 6.45) is 1.12. The molecule has 4 nitrogen and oxygen atoms in total. The van der Waals surface area contributed by atoms with Crippen molar-refractivity contribution in [2.75, 3.05) is 13.1 Å². The third-order valence-corrected chi connectivity index (χ3v) is 4.03. The summed E-state index contributed by atoms with van der Waals surface area (Å²) in [6, 6.07) is 4.07.